The van der Waals surface area contributed by atoms with E-state index in [2.05, 4.69) is 17.2 Å². The normalized spacial score (nSPS) is 14.2. The maximum atomic E-state index is 11.7. The minimum absolute atomic E-state index is 0.243. The number of ether oxygens (including phenoxy) is 1. The van der Waals surface area contributed by atoms with E-state index in [1.165, 1.54) is 5.56 Å². The molecular formula is C14H14N2O2. The number of nitrogens with zero attached hydrogens (tertiary/aromatic N) is 2. The average Bonchev–Trinajstić information content (AvgIpc) is 2.69. The van der Waals surface area contributed by atoms with Gasteiger partial charge < -0.3 is 4.74 Å². The van der Waals surface area contributed by atoms with Crippen LogP contribution in [-0.4, -0.2) is 22.4 Å². The van der Waals surface area contributed by atoms with Crippen LogP contribution in [0.3, 0.4) is 0 Å². The van der Waals surface area contributed by atoms with Gasteiger partial charge in [0.25, 0.3) is 0 Å². The predicted octanol–water partition coefficient (Wildman–Crippen LogP) is 1.95. The molecule has 1 aliphatic rings. The molecule has 0 aliphatic carbocycles. The van der Waals surface area contributed by atoms with E-state index in [9.17, 15) is 4.79 Å². The van der Waals surface area contributed by atoms with Crippen LogP contribution in [0.25, 0.3) is 0 Å². The van der Waals surface area contributed by atoms with Crippen LogP contribution in [-0.2, 0) is 17.7 Å². The van der Waals surface area contributed by atoms with E-state index in [1.807, 2.05) is 29.8 Å². The number of aryl methyl sites for hydroxylation is 1. The molecule has 0 saturated heterocycles. The molecule has 0 atom stereocenters. The van der Waals surface area contributed by atoms with Gasteiger partial charge in [-0.1, -0.05) is 30.3 Å². The summed E-state index contributed by atoms with van der Waals surface area (Å²) >= 11 is 0. The summed E-state index contributed by atoms with van der Waals surface area (Å²) in [6, 6.07) is 10.1. The minimum Gasteiger partial charge on any atom is -0.462 e. The molecular weight excluding hydrogens is 228 g/mol. The summed E-state index contributed by atoms with van der Waals surface area (Å²) in [5, 5.41) is 4.45. The summed E-state index contributed by atoms with van der Waals surface area (Å²) in [7, 11) is 0. The van der Waals surface area contributed by atoms with E-state index in [4.69, 9.17) is 4.74 Å². The van der Waals surface area contributed by atoms with Gasteiger partial charge in [-0.15, -0.1) is 0 Å². The summed E-state index contributed by atoms with van der Waals surface area (Å²) < 4.78 is 6.97. The zero-order valence-electron chi connectivity index (χ0n) is 10.2. The molecule has 4 heteroatoms. The summed E-state index contributed by atoms with van der Waals surface area (Å²) in [5.74, 6) is -0.243. The minimum atomic E-state index is -0.243. The van der Waals surface area contributed by atoms with Gasteiger partial charge in [-0.2, -0.15) is 5.10 Å². The number of hydrogen-bond donors (Lipinski definition) is 0. The quantitative estimate of drug-likeness (QED) is 0.756. The fourth-order valence-corrected chi connectivity index (χ4v) is 2.35. The smallest absolute Gasteiger partial charge is 0.341 e. The van der Waals surface area contributed by atoms with Crippen LogP contribution < -0.4 is 0 Å². The predicted molar refractivity (Wildman–Crippen MR) is 66.5 cm³/mol. The Labute approximate surface area is 105 Å². The fourth-order valence-electron chi connectivity index (χ4n) is 2.35. The zero-order valence-corrected chi connectivity index (χ0v) is 10.2. The number of carbonyl (C=O) groups excluding carboxylic acids is 1. The highest BCUT2D eigenvalue weighted by Gasteiger charge is 2.26. The van der Waals surface area contributed by atoms with Crippen LogP contribution in [0, 0.1) is 6.92 Å². The first kappa shape index (κ1) is 11.0. The Morgan fingerprint density at radius 2 is 2.11 bits per heavy atom. The van der Waals surface area contributed by atoms with Gasteiger partial charge in [0, 0.05) is 6.42 Å². The van der Waals surface area contributed by atoms with Crippen molar-refractivity contribution in [1.29, 1.82) is 0 Å². The van der Waals surface area contributed by atoms with Crippen LogP contribution in [0.15, 0.2) is 30.3 Å². The van der Waals surface area contributed by atoms with Gasteiger partial charge in [-0.25, -0.2) is 4.79 Å². The average molecular weight is 242 g/mol. The van der Waals surface area contributed by atoms with Crippen molar-refractivity contribution in [1.82, 2.24) is 9.78 Å². The second kappa shape index (κ2) is 4.29. The number of cyclic esters (lactones) is 1. The van der Waals surface area contributed by atoms with Gasteiger partial charge in [-0.05, 0) is 12.5 Å². The van der Waals surface area contributed by atoms with Crippen molar-refractivity contribution in [2.45, 2.75) is 19.9 Å². The van der Waals surface area contributed by atoms with E-state index < -0.39 is 0 Å². The lowest BCUT2D eigenvalue weighted by Crippen LogP contribution is -2.20. The number of benzene rings is 1. The highest BCUT2D eigenvalue weighted by atomic mass is 16.5. The molecule has 2 heterocycles. The molecule has 0 bridgehead atoms. The molecule has 1 aliphatic heterocycles. The molecule has 1 aromatic heterocycles. The number of fused-ring (bicyclic) bond motifs is 1. The van der Waals surface area contributed by atoms with Crippen LogP contribution in [0.2, 0.25) is 0 Å². The molecule has 3 rings (SSSR count). The van der Waals surface area contributed by atoms with E-state index in [-0.39, 0.29) is 5.97 Å². The summed E-state index contributed by atoms with van der Waals surface area (Å²) in [4.78, 5) is 11.7. The third-order valence-electron chi connectivity index (χ3n) is 3.18. The maximum absolute atomic E-state index is 11.7. The highest BCUT2D eigenvalue weighted by molar-refractivity contribution is 5.92. The third-order valence-corrected chi connectivity index (χ3v) is 3.18. The number of esters is 1. The summed E-state index contributed by atoms with van der Waals surface area (Å²) in [6.45, 7) is 3.00. The Bertz CT molecular complexity index is 587. The van der Waals surface area contributed by atoms with Gasteiger partial charge in [0.1, 0.15) is 5.56 Å². The first-order valence-electron chi connectivity index (χ1n) is 6.03. The van der Waals surface area contributed by atoms with Gasteiger partial charge in [-0.3, -0.25) is 4.68 Å². The lowest BCUT2D eigenvalue weighted by molar-refractivity contribution is 0.0476. The van der Waals surface area contributed by atoms with Gasteiger partial charge >= 0.3 is 5.97 Å². The Morgan fingerprint density at radius 3 is 2.89 bits per heavy atom. The number of carbonyl (C=O) groups is 1. The number of aromatic nitrogens is 2. The first-order chi connectivity index (χ1) is 8.75. The summed E-state index contributed by atoms with van der Waals surface area (Å²) in [6.07, 6.45) is 0.745. The van der Waals surface area contributed by atoms with Crippen molar-refractivity contribution in [3.05, 3.63) is 52.8 Å². The number of hydrogen-bond acceptors (Lipinski definition) is 3. The second-order valence-electron chi connectivity index (χ2n) is 4.44. The van der Waals surface area contributed by atoms with Crippen LogP contribution in [0.5, 0.6) is 0 Å². The van der Waals surface area contributed by atoms with Crippen molar-refractivity contribution in [2.24, 2.45) is 0 Å². The molecule has 1 aromatic carbocycles. The third kappa shape index (κ3) is 1.79. The van der Waals surface area contributed by atoms with Crippen LogP contribution in [0.4, 0.5) is 0 Å². The van der Waals surface area contributed by atoms with Gasteiger partial charge in [0.05, 0.1) is 24.5 Å². The molecule has 4 nitrogen and oxygen atoms in total. The molecule has 0 N–H and O–H groups in total. The monoisotopic (exact) mass is 242 g/mol. The SMILES string of the molecule is Cc1nn(Cc2ccccc2)c2c1C(=O)OCC2. The highest BCUT2D eigenvalue weighted by Crippen LogP contribution is 2.21. The maximum Gasteiger partial charge on any atom is 0.341 e. The molecule has 0 amide bonds. The molecule has 92 valence electrons. The van der Waals surface area contributed by atoms with Gasteiger partial charge in [0.2, 0.25) is 0 Å². The van der Waals surface area contributed by atoms with E-state index in [1.54, 1.807) is 0 Å². The van der Waals surface area contributed by atoms with E-state index in [0.29, 0.717) is 18.7 Å². The van der Waals surface area contributed by atoms with Crippen molar-refractivity contribution < 1.29 is 9.53 Å². The molecule has 0 saturated carbocycles. The summed E-state index contributed by atoms with van der Waals surface area (Å²) in [5.41, 5.74) is 3.58. The molecule has 0 unspecified atom stereocenters. The molecule has 0 radical (unpaired) electrons. The Kier molecular flexibility index (Phi) is 2.63. The van der Waals surface area contributed by atoms with Gasteiger partial charge in [0.15, 0.2) is 0 Å². The molecule has 0 spiro atoms. The zero-order chi connectivity index (χ0) is 12.5. The van der Waals surface area contributed by atoms with Crippen molar-refractivity contribution in [3.63, 3.8) is 0 Å². The fraction of sp³-hybridized carbons (Fsp3) is 0.286. The van der Waals surface area contributed by atoms with E-state index in [0.717, 1.165) is 17.8 Å². The van der Waals surface area contributed by atoms with Crippen LogP contribution in [0.1, 0.15) is 27.3 Å². The Balaban J connectivity index is 1.99. The second-order valence-corrected chi connectivity index (χ2v) is 4.44. The number of rotatable bonds is 2. The molecule has 0 fully saturated rings. The Morgan fingerprint density at radius 1 is 1.33 bits per heavy atom. The molecule has 2 aromatic rings. The largest absolute Gasteiger partial charge is 0.462 e. The first-order valence-corrected chi connectivity index (χ1v) is 6.03. The van der Waals surface area contributed by atoms with E-state index >= 15 is 0 Å². The standard InChI is InChI=1S/C14H14N2O2/c1-10-13-12(7-8-18-14(13)17)16(15-10)9-11-5-3-2-4-6-11/h2-6H,7-9H2,1H3. The lowest BCUT2D eigenvalue weighted by atomic mass is 10.1. The van der Waals surface area contributed by atoms with Crippen LogP contribution >= 0.6 is 0 Å². The Hall–Kier alpha value is -2.10. The molecule has 18 heavy (non-hydrogen) atoms. The van der Waals surface area contributed by atoms with Crippen molar-refractivity contribution in [2.75, 3.05) is 6.61 Å². The van der Waals surface area contributed by atoms with Crippen molar-refractivity contribution >= 4 is 5.97 Å². The van der Waals surface area contributed by atoms with Crippen molar-refractivity contribution in [3.8, 4) is 0 Å². The lowest BCUT2D eigenvalue weighted by Gasteiger charge is -2.14. The topological polar surface area (TPSA) is 44.1 Å².